The van der Waals surface area contributed by atoms with Crippen LogP contribution in [-0.2, 0) is 6.54 Å². The summed E-state index contributed by atoms with van der Waals surface area (Å²) in [4.78, 5) is 21.9. The Balaban J connectivity index is 1.66. The zero-order valence-corrected chi connectivity index (χ0v) is 13.2. The van der Waals surface area contributed by atoms with Crippen LogP contribution < -0.4 is 10.3 Å². The minimum Gasteiger partial charge on any atom is -0.491 e. The highest BCUT2D eigenvalue weighted by Crippen LogP contribution is 2.20. The maximum atomic E-state index is 11.7. The monoisotopic (exact) mass is 340 g/mol. The van der Waals surface area contributed by atoms with E-state index >= 15 is 0 Å². The largest absolute Gasteiger partial charge is 0.491 e. The van der Waals surface area contributed by atoms with Crippen LogP contribution >= 0.6 is 0 Å². The van der Waals surface area contributed by atoms with Gasteiger partial charge in [0.2, 0.25) is 0 Å². The van der Waals surface area contributed by atoms with Gasteiger partial charge >= 0.3 is 0 Å². The number of fused-ring (bicyclic) bond motifs is 1. The molecule has 0 aliphatic heterocycles. The van der Waals surface area contributed by atoms with E-state index < -0.39 is 16.6 Å². The summed E-state index contributed by atoms with van der Waals surface area (Å²) in [6, 6.07) is 15.6. The number of pyridine rings is 1. The van der Waals surface area contributed by atoms with Gasteiger partial charge in [0, 0.05) is 12.1 Å². The lowest BCUT2D eigenvalue weighted by Gasteiger charge is -2.14. The molecule has 0 aliphatic carbocycles. The van der Waals surface area contributed by atoms with Crippen molar-refractivity contribution in [1.29, 1.82) is 0 Å². The van der Waals surface area contributed by atoms with E-state index in [1.165, 1.54) is 0 Å². The van der Waals surface area contributed by atoms with Crippen LogP contribution in [0.2, 0.25) is 0 Å². The SMILES string of the molecule is O=c1ccc([N+](=O)[O-])cn1CC(O)COc1ccc2ccccc2c1. The Morgan fingerprint density at radius 1 is 1.12 bits per heavy atom. The average Bonchev–Trinajstić information content (AvgIpc) is 2.61. The van der Waals surface area contributed by atoms with E-state index in [-0.39, 0.29) is 18.8 Å². The van der Waals surface area contributed by atoms with Gasteiger partial charge in [-0.15, -0.1) is 0 Å². The molecule has 0 spiro atoms. The van der Waals surface area contributed by atoms with Crippen LogP contribution in [0.4, 0.5) is 5.69 Å². The van der Waals surface area contributed by atoms with Gasteiger partial charge in [-0.3, -0.25) is 14.9 Å². The van der Waals surface area contributed by atoms with Crippen molar-refractivity contribution in [2.45, 2.75) is 12.6 Å². The lowest BCUT2D eigenvalue weighted by atomic mass is 10.1. The molecule has 128 valence electrons. The van der Waals surface area contributed by atoms with Crippen LogP contribution in [0.5, 0.6) is 5.75 Å². The maximum absolute atomic E-state index is 11.7. The number of nitrogens with zero attached hydrogens (tertiary/aromatic N) is 2. The highest BCUT2D eigenvalue weighted by atomic mass is 16.6. The number of ether oxygens (including phenoxy) is 1. The fourth-order valence-corrected chi connectivity index (χ4v) is 2.50. The van der Waals surface area contributed by atoms with Crippen LogP contribution in [0.1, 0.15) is 0 Å². The summed E-state index contributed by atoms with van der Waals surface area (Å²) < 4.78 is 6.67. The average molecular weight is 340 g/mol. The minimum absolute atomic E-state index is 0.0343. The zero-order valence-electron chi connectivity index (χ0n) is 13.2. The number of aromatic nitrogens is 1. The summed E-state index contributed by atoms with van der Waals surface area (Å²) in [5.74, 6) is 0.601. The predicted octanol–water partition coefficient (Wildman–Crippen LogP) is 2.35. The normalized spacial score (nSPS) is 12.0. The lowest BCUT2D eigenvalue weighted by molar-refractivity contribution is -0.385. The molecule has 7 nitrogen and oxygen atoms in total. The highest BCUT2D eigenvalue weighted by Gasteiger charge is 2.12. The van der Waals surface area contributed by atoms with Crippen molar-refractivity contribution in [1.82, 2.24) is 4.57 Å². The standard InChI is InChI=1S/C18H16N2O5/c21-16(11-19-10-15(20(23)24)6-8-18(19)22)12-25-17-7-5-13-3-1-2-4-14(13)9-17/h1-10,16,21H,11-12H2. The first-order valence-corrected chi connectivity index (χ1v) is 7.67. The predicted molar refractivity (Wildman–Crippen MR) is 92.8 cm³/mol. The van der Waals surface area contributed by atoms with Gasteiger partial charge in [-0.05, 0) is 22.9 Å². The topological polar surface area (TPSA) is 94.6 Å². The molecule has 1 N–H and O–H groups in total. The third kappa shape index (κ3) is 4.02. The first-order chi connectivity index (χ1) is 12.0. The quantitative estimate of drug-likeness (QED) is 0.549. The lowest BCUT2D eigenvalue weighted by Crippen LogP contribution is -2.29. The summed E-state index contributed by atoms with van der Waals surface area (Å²) in [6.07, 6.45) is 0.132. The third-order valence-electron chi connectivity index (χ3n) is 3.75. The second-order valence-corrected chi connectivity index (χ2v) is 5.61. The first-order valence-electron chi connectivity index (χ1n) is 7.67. The van der Waals surface area contributed by atoms with Crippen molar-refractivity contribution >= 4 is 16.5 Å². The molecule has 25 heavy (non-hydrogen) atoms. The second-order valence-electron chi connectivity index (χ2n) is 5.61. The van der Waals surface area contributed by atoms with Gasteiger partial charge in [-0.2, -0.15) is 0 Å². The smallest absolute Gasteiger partial charge is 0.285 e. The number of hydrogen-bond acceptors (Lipinski definition) is 5. The van der Waals surface area contributed by atoms with Crippen molar-refractivity contribution in [2.75, 3.05) is 6.61 Å². The van der Waals surface area contributed by atoms with Crippen LogP contribution in [-0.4, -0.2) is 27.3 Å². The molecular formula is C18H16N2O5. The number of hydrogen-bond donors (Lipinski definition) is 1. The molecule has 1 unspecified atom stereocenters. The number of rotatable bonds is 6. The van der Waals surface area contributed by atoms with Crippen molar-refractivity contribution in [2.24, 2.45) is 0 Å². The molecule has 0 aliphatic rings. The van der Waals surface area contributed by atoms with E-state index in [1.54, 1.807) is 6.07 Å². The summed E-state index contributed by atoms with van der Waals surface area (Å²) in [7, 11) is 0. The summed E-state index contributed by atoms with van der Waals surface area (Å²) in [5.41, 5.74) is -0.627. The molecule has 7 heteroatoms. The second kappa shape index (κ2) is 7.14. The Hall–Kier alpha value is -3.19. The number of aliphatic hydroxyl groups is 1. The molecule has 1 heterocycles. The van der Waals surface area contributed by atoms with Crippen LogP contribution in [0, 0.1) is 10.1 Å². The molecule has 1 atom stereocenters. The minimum atomic E-state index is -0.980. The number of benzene rings is 2. The fraction of sp³-hybridized carbons (Fsp3) is 0.167. The van der Waals surface area contributed by atoms with Gasteiger partial charge in [-0.25, -0.2) is 0 Å². The molecule has 3 aromatic rings. The Morgan fingerprint density at radius 2 is 1.88 bits per heavy atom. The van der Waals surface area contributed by atoms with Gasteiger partial charge in [-0.1, -0.05) is 30.3 Å². The Kier molecular flexibility index (Phi) is 4.76. The van der Waals surface area contributed by atoms with Crippen molar-refractivity contribution in [3.63, 3.8) is 0 Å². The van der Waals surface area contributed by atoms with Crippen LogP contribution in [0.3, 0.4) is 0 Å². The van der Waals surface area contributed by atoms with E-state index in [0.29, 0.717) is 5.75 Å². The zero-order chi connectivity index (χ0) is 17.8. The molecule has 0 amide bonds. The summed E-state index contributed by atoms with van der Waals surface area (Å²) in [5, 5.41) is 22.9. The Morgan fingerprint density at radius 3 is 2.64 bits per heavy atom. The van der Waals surface area contributed by atoms with Gasteiger partial charge in [0.1, 0.15) is 18.5 Å². The molecule has 0 radical (unpaired) electrons. The third-order valence-corrected chi connectivity index (χ3v) is 3.75. The molecule has 3 rings (SSSR count). The Labute approximate surface area is 142 Å². The van der Waals surface area contributed by atoms with Gasteiger partial charge in [0.25, 0.3) is 11.2 Å². The van der Waals surface area contributed by atoms with Gasteiger partial charge in [0.05, 0.1) is 17.7 Å². The van der Waals surface area contributed by atoms with Crippen LogP contribution in [0.25, 0.3) is 10.8 Å². The van der Waals surface area contributed by atoms with Crippen LogP contribution in [0.15, 0.2) is 65.6 Å². The highest BCUT2D eigenvalue weighted by molar-refractivity contribution is 5.83. The fourth-order valence-electron chi connectivity index (χ4n) is 2.50. The van der Waals surface area contributed by atoms with E-state index in [4.69, 9.17) is 4.74 Å². The maximum Gasteiger partial charge on any atom is 0.285 e. The van der Waals surface area contributed by atoms with Crippen molar-refractivity contribution in [3.05, 3.63) is 81.3 Å². The summed E-state index contributed by atoms with van der Waals surface area (Å²) >= 11 is 0. The molecule has 1 aromatic heterocycles. The van der Waals surface area contributed by atoms with Gasteiger partial charge < -0.3 is 14.4 Å². The molecular weight excluding hydrogens is 324 g/mol. The number of aliphatic hydroxyl groups excluding tert-OH is 1. The molecule has 2 aromatic carbocycles. The molecule has 0 fully saturated rings. The Bertz CT molecular complexity index is 967. The van der Waals surface area contributed by atoms with E-state index in [9.17, 15) is 20.0 Å². The van der Waals surface area contributed by atoms with Crippen molar-refractivity contribution < 1.29 is 14.8 Å². The van der Waals surface area contributed by atoms with Gasteiger partial charge in [0.15, 0.2) is 0 Å². The van der Waals surface area contributed by atoms with Crippen molar-refractivity contribution in [3.8, 4) is 5.75 Å². The molecule has 0 saturated carbocycles. The van der Waals surface area contributed by atoms with E-state index in [2.05, 4.69) is 0 Å². The van der Waals surface area contributed by atoms with E-state index in [0.717, 1.165) is 33.7 Å². The molecule has 0 bridgehead atoms. The van der Waals surface area contributed by atoms with E-state index in [1.807, 2.05) is 36.4 Å². The summed E-state index contributed by atoms with van der Waals surface area (Å²) in [6.45, 7) is -0.123. The number of nitro groups is 1. The molecule has 0 saturated heterocycles. The first kappa shape index (κ1) is 16.7.